The van der Waals surface area contributed by atoms with Crippen molar-refractivity contribution >= 4 is 39.1 Å². The maximum atomic E-state index is 5.87. The van der Waals surface area contributed by atoms with E-state index in [1.54, 1.807) is 0 Å². The quantitative estimate of drug-likeness (QED) is 0.702. The van der Waals surface area contributed by atoms with Crippen LogP contribution in [-0.2, 0) is 6.42 Å². The summed E-state index contributed by atoms with van der Waals surface area (Å²) in [7, 11) is 0. The number of halogens is 3. The molecule has 0 fully saturated rings. The number of alkyl halides is 1. The number of hydrogen-bond acceptors (Lipinski definition) is 0. The second-order valence-corrected chi connectivity index (χ2v) is 4.76. The average Bonchev–Trinajstić information content (AvgIpc) is 1.96. The third-order valence-corrected chi connectivity index (χ3v) is 2.67. The van der Waals surface area contributed by atoms with Crippen molar-refractivity contribution in [2.45, 2.75) is 18.7 Å². The van der Waals surface area contributed by atoms with Crippen LogP contribution in [0.3, 0.4) is 0 Å². The molecule has 0 bridgehead atoms. The van der Waals surface area contributed by atoms with Gasteiger partial charge in [0.1, 0.15) is 0 Å². The minimum absolute atomic E-state index is 0.139. The molecule has 0 amide bonds. The van der Waals surface area contributed by atoms with E-state index in [2.05, 4.69) is 15.9 Å². The van der Waals surface area contributed by atoms with E-state index in [9.17, 15) is 0 Å². The second kappa shape index (κ2) is 4.50. The van der Waals surface area contributed by atoms with Crippen LogP contribution in [0.5, 0.6) is 0 Å². The predicted octanol–water partition coefficient (Wildman–Crippen LogP) is 4.27. The van der Waals surface area contributed by atoms with Crippen molar-refractivity contribution in [3.63, 3.8) is 0 Å². The fraction of sp³-hybridized carbons (Fsp3) is 0.333. The SMILES string of the molecule is CC(Cl)Cc1cc(Cl)ccc1Br. The summed E-state index contributed by atoms with van der Waals surface area (Å²) in [6.07, 6.45) is 0.836. The van der Waals surface area contributed by atoms with E-state index < -0.39 is 0 Å². The van der Waals surface area contributed by atoms with E-state index in [1.165, 1.54) is 0 Å². The molecule has 0 N–H and O–H groups in total. The van der Waals surface area contributed by atoms with E-state index in [4.69, 9.17) is 23.2 Å². The van der Waals surface area contributed by atoms with Gasteiger partial charge in [-0.2, -0.15) is 0 Å². The Balaban J connectivity index is 2.90. The molecule has 0 nitrogen and oxygen atoms in total. The van der Waals surface area contributed by atoms with E-state index in [0.717, 1.165) is 21.5 Å². The summed E-state index contributed by atoms with van der Waals surface area (Å²) in [5.74, 6) is 0. The molecule has 0 heterocycles. The molecule has 66 valence electrons. The Morgan fingerprint density at radius 3 is 2.75 bits per heavy atom. The van der Waals surface area contributed by atoms with Gasteiger partial charge in [0.25, 0.3) is 0 Å². The largest absolute Gasteiger partial charge is 0.123 e. The monoisotopic (exact) mass is 266 g/mol. The van der Waals surface area contributed by atoms with Crippen LogP contribution in [0.4, 0.5) is 0 Å². The molecule has 1 unspecified atom stereocenters. The molecule has 0 saturated carbocycles. The molecular weight excluding hydrogens is 259 g/mol. The Bertz CT molecular complexity index is 271. The highest BCUT2D eigenvalue weighted by molar-refractivity contribution is 9.10. The van der Waals surface area contributed by atoms with Gasteiger partial charge in [-0.3, -0.25) is 0 Å². The van der Waals surface area contributed by atoms with Gasteiger partial charge in [-0.25, -0.2) is 0 Å². The molecule has 0 aliphatic rings. The van der Waals surface area contributed by atoms with Crippen LogP contribution in [0.15, 0.2) is 22.7 Å². The van der Waals surface area contributed by atoms with E-state index >= 15 is 0 Å². The first-order valence-electron chi connectivity index (χ1n) is 3.67. The zero-order valence-corrected chi connectivity index (χ0v) is 9.75. The van der Waals surface area contributed by atoms with Crippen molar-refractivity contribution in [2.75, 3.05) is 0 Å². The van der Waals surface area contributed by atoms with Crippen LogP contribution in [0, 0.1) is 0 Å². The van der Waals surface area contributed by atoms with Gasteiger partial charge in [0.15, 0.2) is 0 Å². The minimum atomic E-state index is 0.139. The number of benzene rings is 1. The average molecular weight is 268 g/mol. The molecule has 12 heavy (non-hydrogen) atoms. The molecular formula is C9H9BrCl2. The molecule has 1 aromatic carbocycles. The maximum absolute atomic E-state index is 5.87. The van der Waals surface area contributed by atoms with E-state index in [1.807, 2.05) is 25.1 Å². The lowest BCUT2D eigenvalue weighted by Gasteiger charge is -2.05. The number of hydrogen-bond donors (Lipinski definition) is 0. The van der Waals surface area contributed by atoms with E-state index in [-0.39, 0.29) is 5.38 Å². The van der Waals surface area contributed by atoms with Crippen LogP contribution >= 0.6 is 39.1 Å². The Labute approximate surface area is 91.0 Å². The highest BCUT2D eigenvalue weighted by Gasteiger charge is 2.04. The fourth-order valence-corrected chi connectivity index (χ4v) is 1.77. The summed E-state index contributed by atoms with van der Waals surface area (Å²) in [5, 5.41) is 0.894. The topological polar surface area (TPSA) is 0 Å². The van der Waals surface area contributed by atoms with Crippen LogP contribution in [-0.4, -0.2) is 5.38 Å². The normalized spacial score (nSPS) is 13.0. The lowest BCUT2D eigenvalue weighted by Crippen LogP contribution is -1.97. The smallest absolute Gasteiger partial charge is 0.0409 e. The first-order valence-corrected chi connectivity index (χ1v) is 5.28. The molecule has 0 aliphatic carbocycles. The van der Waals surface area contributed by atoms with Crippen LogP contribution in [0.2, 0.25) is 5.02 Å². The summed E-state index contributed by atoms with van der Waals surface area (Å²) in [4.78, 5) is 0. The molecule has 1 rings (SSSR count). The standard InChI is InChI=1S/C9H9BrCl2/c1-6(11)4-7-5-8(12)2-3-9(7)10/h2-3,5-6H,4H2,1H3. The van der Waals surface area contributed by atoms with Gasteiger partial charge in [0.2, 0.25) is 0 Å². The van der Waals surface area contributed by atoms with Gasteiger partial charge in [-0.15, -0.1) is 11.6 Å². The Morgan fingerprint density at radius 2 is 2.17 bits per heavy atom. The highest BCUT2D eigenvalue weighted by atomic mass is 79.9. The first kappa shape index (κ1) is 10.4. The fourth-order valence-electron chi connectivity index (χ4n) is 1.00. The summed E-state index contributed by atoms with van der Waals surface area (Å²) in [6, 6.07) is 5.73. The summed E-state index contributed by atoms with van der Waals surface area (Å²) < 4.78 is 1.07. The molecule has 0 radical (unpaired) electrons. The summed E-state index contributed by atoms with van der Waals surface area (Å²) in [6.45, 7) is 1.97. The van der Waals surface area contributed by atoms with Gasteiger partial charge < -0.3 is 0 Å². The van der Waals surface area contributed by atoms with Crippen molar-refractivity contribution in [3.05, 3.63) is 33.3 Å². The van der Waals surface area contributed by atoms with Crippen molar-refractivity contribution in [2.24, 2.45) is 0 Å². The molecule has 0 aliphatic heterocycles. The number of rotatable bonds is 2. The summed E-state index contributed by atoms with van der Waals surface area (Å²) in [5.41, 5.74) is 1.16. The molecule has 0 aromatic heterocycles. The van der Waals surface area contributed by atoms with Crippen LogP contribution < -0.4 is 0 Å². The molecule has 0 spiro atoms. The molecule has 0 saturated heterocycles. The Kier molecular flexibility index (Phi) is 3.88. The van der Waals surface area contributed by atoms with Gasteiger partial charge in [-0.1, -0.05) is 27.5 Å². The van der Waals surface area contributed by atoms with Gasteiger partial charge in [0, 0.05) is 14.9 Å². The van der Waals surface area contributed by atoms with Gasteiger partial charge in [0.05, 0.1) is 0 Å². The Hall–Kier alpha value is 0.280. The molecule has 3 heteroatoms. The highest BCUT2D eigenvalue weighted by Crippen LogP contribution is 2.23. The zero-order valence-electron chi connectivity index (χ0n) is 6.65. The second-order valence-electron chi connectivity index (χ2n) is 2.72. The molecule has 1 aromatic rings. The Morgan fingerprint density at radius 1 is 1.50 bits per heavy atom. The zero-order chi connectivity index (χ0) is 9.14. The lowest BCUT2D eigenvalue weighted by atomic mass is 10.1. The third-order valence-electron chi connectivity index (χ3n) is 1.51. The third kappa shape index (κ3) is 2.96. The predicted molar refractivity (Wildman–Crippen MR) is 58.2 cm³/mol. The van der Waals surface area contributed by atoms with Crippen molar-refractivity contribution < 1.29 is 0 Å². The van der Waals surface area contributed by atoms with Crippen molar-refractivity contribution in [1.82, 2.24) is 0 Å². The minimum Gasteiger partial charge on any atom is -0.123 e. The first-order chi connectivity index (χ1) is 5.59. The van der Waals surface area contributed by atoms with Gasteiger partial charge in [-0.05, 0) is 37.1 Å². The van der Waals surface area contributed by atoms with Crippen molar-refractivity contribution in [1.29, 1.82) is 0 Å². The summed E-state index contributed by atoms with van der Waals surface area (Å²) >= 11 is 15.2. The van der Waals surface area contributed by atoms with Crippen LogP contribution in [0.25, 0.3) is 0 Å². The lowest BCUT2D eigenvalue weighted by molar-refractivity contribution is 0.926. The van der Waals surface area contributed by atoms with E-state index in [0.29, 0.717) is 0 Å². The molecule has 1 atom stereocenters. The van der Waals surface area contributed by atoms with Gasteiger partial charge >= 0.3 is 0 Å². The van der Waals surface area contributed by atoms with Crippen molar-refractivity contribution in [3.8, 4) is 0 Å². The van der Waals surface area contributed by atoms with Crippen LogP contribution in [0.1, 0.15) is 12.5 Å². The maximum Gasteiger partial charge on any atom is 0.0409 e.